The molecule has 1 aromatic heterocycles. The number of aryl methyl sites for hydroxylation is 3. The SMILES string of the molecule is CCn1c(COc2ccc(C)cc2C)nnc1SCC(=O)Nc1ccc(Cl)cc1C. The van der Waals surface area contributed by atoms with E-state index in [2.05, 4.69) is 28.5 Å². The van der Waals surface area contributed by atoms with Gasteiger partial charge >= 0.3 is 0 Å². The molecule has 3 rings (SSSR count). The molecule has 1 heterocycles. The van der Waals surface area contributed by atoms with Crippen LogP contribution in [0.3, 0.4) is 0 Å². The van der Waals surface area contributed by atoms with E-state index in [4.69, 9.17) is 16.3 Å². The van der Waals surface area contributed by atoms with Gasteiger partial charge in [0, 0.05) is 17.3 Å². The van der Waals surface area contributed by atoms with E-state index in [9.17, 15) is 4.79 Å². The molecule has 0 aliphatic rings. The fraction of sp³-hybridized carbons (Fsp3) is 0.318. The molecule has 158 valence electrons. The highest BCUT2D eigenvalue weighted by molar-refractivity contribution is 7.99. The first-order valence-corrected chi connectivity index (χ1v) is 11.0. The molecule has 0 bridgehead atoms. The zero-order valence-corrected chi connectivity index (χ0v) is 19.1. The smallest absolute Gasteiger partial charge is 0.234 e. The molecule has 2 aromatic carbocycles. The molecule has 30 heavy (non-hydrogen) atoms. The van der Waals surface area contributed by atoms with Crippen molar-refractivity contribution in [1.29, 1.82) is 0 Å². The van der Waals surface area contributed by atoms with Crippen LogP contribution in [0.1, 0.15) is 29.4 Å². The summed E-state index contributed by atoms with van der Waals surface area (Å²) in [6.07, 6.45) is 0. The number of nitrogens with one attached hydrogen (secondary N) is 1. The molecule has 1 N–H and O–H groups in total. The van der Waals surface area contributed by atoms with Crippen LogP contribution in [0.25, 0.3) is 0 Å². The lowest BCUT2D eigenvalue weighted by Gasteiger charge is -2.11. The summed E-state index contributed by atoms with van der Waals surface area (Å²) in [6, 6.07) is 11.5. The van der Waals surface area contributed by atoms with E-state index >= 15 is 0 Å². The second kappa shape index (κ2) is 10.00. The van der Waals surface area contributed by atoms with Crippen LogP contribution >= 0.6 is 23.4 Å². The molecule has 0 aliphatic carbocycles. The van der Waals surface area contributed by atoms with Crippen molar-refractivity contribution in [2.75, 3.05) is 11.1 Å². The Morgan fingerprint density at radius 1 is 1.13 bits per heavy atom. The van der Waals surface area contributed by atoms with Gasteiger partial charge in [0.25, 0.3) is 0 Å². The maximum Gasteiger partial charge on any atom is 0.234 e. The number of thioether (sulfide) groups is 1. The minimum atomic E-state index is -0.107. The Balaban J connectivity index is 1.60. The third-order valence-corrected chi connectivity index (χ3v) is 5.79. The second-order valence-corrected chi connectivity index (χ2v) is 8.38. The average Bonchev–Trinajstić information content (AvgIpc) is 3.09. The summed E-state index contributed by atoms with van der Waals surface area (Å²) >= 11 is 7.32. The Bertz CT molecular complexity index is 1050. The van der Waals surface area contributed by atoms with Crippen LogP contribution < -0.4 is 10.1 Å². The molecule has 0 fully saturated rings. The van der Waals surface area contributed by atoms with E-state index in [0.717, 1.165) is 28.4 Å². The molecule has 0 saturated carbocycles. The van der Waals surface area contributed by atoms with Gasteiger partial charge in [-0.25, -0.2) is 0 Å². The monoisotopic (exact) mass is 444 g/mol. The topological polar surface area (TPSA) is 69.0 Å². The van der Waals surface area contributed by atoms with Crippen LogP contribution in [0, 0.1) is 20.8 Å². The number of hydrogen-bond acceptors (Lipinski definition) is 5. The predicted molar refractivity (Wildman–Crippen MR) is 121 cm³/mol. The van der Waals surface area contributed by atoms with Crippen molar-refractivity contribution >= 4 is 35.0 Å². The van der Waals surface area contributed by atoms with Crippen LogP contribution in [-0.2, 0) is 17.9 Å². The van der Waals surface area contributed by atoms with Crippen molar-refractivity contribution in [2.45, 2.75) is 46.0 Å². The first kappa shape index (κ1) is 22.2. The van der Waals surface area contributed by atoms with Gasteiger partial charge < -0.3 is 14.6 Å². The largest absolute Gasteiger partial charge is 0.485 e. The number of anilines is 1. The fourth-order valence-corrected chi connectivity index (χ4v) is 4.09. The number of nitrogens with zero attached hydrogens (tertiary/aromatic N) is 3. The maximum atomic E-state index is 12.4. The summed E-state index contributed by atoms with van der Waals surface area (Å²) < 4.78 is 7.91. The van der Waals surface area contributed by atoms with E-state index in [0.29, 0.717) is 23.3 Å². The van der Waals surface area contributed by atoms with E-state index < -0.39 is 0 Å². The fourth-order valence-electron chi connectivity index (χ4n) is 3.04. The highest BCUT2D eigenvalue weighted by atomic mass is 35.5. The summed E-state index contributed by atoms with van der Waals surface area (Å²) in [5, 5.41) is 12.7. The highest BCUT2D eigenvalue weighted by Gasteiger charge is 2.14. The number of halogens is 1. The summed E-state index contributed by atoms with van der Waals surface area (Å²) in [6.45, 7) is 9.02. The van der Waals surface area contributed by atoms with E-state index in [1.807, 2.05) is 43.5 Å². The third kappa shape index (κ3) is 5.55. The van der Waals surface area contributed by atoms with E-state index in [1.165, 1.54) is 17.3 Å². The van der Waals surface area contributed by atoms with Crippen molar-refractivity contribution in [3.8, 4) is 5.75 Å². The van der Waals surface area contributed by atoms with Crippen molar-refractivity contribution in [1.82, 2.24) is 14.8 Å². The van der Waals surface area contributed by atoms with Crippen LogP contribution in [0.5, 0.6) is 5.75 Å². The molecule has 0 saturated heterocycles. The molecule has 3 aromatic rings. The summed E-state index contributed by atoms with van der Waals surface area (Å²) in [7, 11) is 0. The molecular weight excluding hydrogens is 420 g/mol. The molecule has 0 radical (unpaired) electrons. The van der Waals surface area contributed by atoms with Gasteiger partial charge in [0.05, 0.1) is 5.75 Å². The number of carbonyl (C=O) groups excluding carboxylic acids is 1. The first-order chi connectivity index (χ1) is 14.4. The van der Waals surface area contributed by atoms with Gasteiger partial charge in [-0.1, -0.05) is 41.1 Å². The van der Waals surface area contributed by atoms with Crippen molar-refractivity contribution in [3.05, 3.63) is 63.9 Å². The maximum absolute atomic E-state index is 12.4. The van der Waals surface area contributed by atoms with E-state index in [1.54, 1.807) is 12.1 Å². The van der Waals surface area contributed by atoms with Crippen molar-refractivity contribution < 1.29 is 9.53 Å². The summed E-state index contributed by atoms with van der Waals surface area (Å²) in [4.78, 5) is 12.4. The molecule has 0 atom stereocenters. The molecule has 0 aliphatic heterocycles. The Labute approximate surface area is 186 Å². The number of benzene rings is 2. The van der Waals surface area contributed by atoms with Crippen LogP contribution in [0.4, 0.5) is 5.69 Å². The van der Waals surface area contributed by atoms with Gasteiger partial charge in [-0.15, -0.1) is 10.2 Å². The third-order valence-electron chi connectivity index (χ3n) is 4.59. The second-order valence-electron chi connectivity index (χ2n) is 7.00. The zero-order chi connectivity index (χ0) is 21.7. The molecule has 8 heteroatoms. The minimum Gasteiger partial charge on any atom is -0.485 e. The number of amides is 1. The molecule has 1 amide bonds. The molecule has 6 nitrogen and oxygen atoms in total. The van der Waals surface area contributed by atoms with E-state index in [-0.39, 0.29) is 11.7 Å². The molecule has 0 unspecified atom stereocenters. The first-order valence-electron chi connectivity index (χ1n) is 9.68. The number of carbonyl (C=O) groups is 1. The predicted octanol–water partition coefficient (Wildman–Crippen LogP) is 5.19. The van der Waals surface area contributed by atoms with Gasteiger partial charge in [0.15, 0.2) is 11.0 Å². The summed E-state index contributed by atoms with van der Waals surface area (Å²) in [5.41, 5.74) is 3.96. The number of aromatic nitrogens is 3. The Hall–Kier alpha value is -2.51. The number of rotatable bonds is 8. The molecular formula is C22H25ClN4O2S. The Kier molecular flexibility index (Phi) is 7.39. The quantitative estimate of drug-likeness (QED) is 0.484. The molecule has 0 spiro atoms. The highest BCUT2D eigenvalue weighted by Crippen LogP contribution is 2.23. The van der Waals surface area contributed by atoms with Crippen molar-refractivity contribution in [3.63, 3.8) is 0 Å². The summed E-state index contributed by atoms with van der Waals surface area (Å²) in [5.74, 6) is 1.69. The average molecular weight is 445 g/mol. The zero-order valence-electron chi connectivity index (χ0n) is 17.5. The lowest BCUT2D eigenvalue weighted by atomic mass is 10.1. The van der Waals surface area contributed by atoms with Gasteiger partial charge in [-0.2, -0.15) is 0 Å². The Morgan fingerprint density at radius 3 is 2.63 bits per heavy atom. The number of ether oxygens (including phenoxy) is 1. The van der Waals surface area contributed by atoms with Gasteiger partial charge in [-0.05, 0) is 63.1 Å². The minimum absolute atomic E-state index is 0.107. The Morgan fingerprint density at radius 2 is 1.93 bits per heavy atom. The van der Waals surface area contributed by atoms with Gasteiger partial charge in [0.2, 0.25) is 5.91 Å². The number of hydrogen-bond donors (Lipinski definition) is 1. The lowest BCUT2D eigenvalue weighted by Crippen LogP contribution is -2.15. The lowest BCUT2D eigenvalue weighted by molar-refractivity contribution is -0.113. The van der Waals surface area contributed by atoms with Crippen LogP contribution in [-0.4, -0.2) is 26.4 Å². The normalized spacial score (nSPS) is 10.8. The van der Waals surface area contributed by atoms with Crippen LogP contribution in [0.15, 0.2) is 41.6 Å². The van der Waals surface area contributed by atoms with Gasteiger partial charge in [0.1, 0.15) is 12.4 Å². The standard InChI is InChI=1S/C22H25ClN4O2S/c1-5-27-20(12-29-19-9-6-14(2)10-16(19)4)25-26-22(27)30-13-21(28)24-18-8-7-17(23)11-15(18)3/h6-11H,5,12-13H2,1-4H3,(H,24,28). The van der Waals surface area contributed by atoms with Crippen molar-refractivity contribution in [2.24, 2.45) is 0 Å². The van der Waals surface area contributed by atoms with Crippen LogP contribution in [0.2, 0.25) is 5.02 Å². The van der Waals surface area contributed by atoms with Gasteiger partial charge in [-0.3, -0.25) is 4.79 Å².